The van der Waals surface area contributed by atoms with Crippen LogP contribution in [0.2, 0.25) is 0 Å². The molecule has 0 saturated heterocycles. The number of aromatic nitrogens is 2. The Hall–Kier alpha value is -7.51. The highest BCUT2D eigenvalue weighted by Gasteiger charge is 2.46. The minimum absolute atomic E-state index is 0.0253. The Morgan fingerprint density at radius 2 is 1.23 bits per heavy atom. The van der Waals surface area contributed by atoms with E-state index >= 15 is 0 Å². The Morgan fingerprint density at radius 3 is 1.95 bits per heavy atom. The van der Waals surface area contributed by atoms with Crippen LogP contribution in [0.4, 0.5) is 51.3 Å². The molecule has 6 nitrogen and oxygen atoms in total. The summed E-state index contributed by atoms with van der Waals surface area (Å²) < 4.78 is 9.18. The molecule has 7 aromatic carbocycles. The molecule has 7 heteroatoms. The zero-order valence-corrected chi connectivity index (χ0v) is 35.5. The maximum Gasteiger partial charge on any atom is 0.277 e. The van der Waals surface area contributed by atoms with Gasteiger partial charge in [-0.15, -0.1) is 0 Å². The molecule has 5 heterocycles. The van der Waals surface area contributed by atoms with E-state index in [1.165, 1.54) is 22.1 Å². The molecule has 12 rings (SSSR count). The lowest BCUT2D eigenvalue weighted by Gasteiger charge is -2.42. The molecule has 298 valence electrons. The lowest BCUT2D eigenvalue weighted by atomic mass is 9.35. The number of nitrogens with zero attached hydrogens (tertiary/aromatic N) is 5. The molecule has 0 bridgehead atoms. The number of para-hydroxylation sites is 4. The first-order chi connectivity index (χ1) is 30.2. The average Bonchev–Trinajstić information content (AvgIpc) is 3.86. The van der Waals surface area contributed by atoms with Crippen LogP contribution in [0.1, 0.15) is 37.5 Å². The molecule has 0 atom stereocenters. The van der Waals surface area contributed by atoms with E-state index in [1.54, 1.807) is 0 Å². The summed E-state index contributed by atoms with van der Waals surface area (Å²) in [7, 11) is 0. The molecule has 0 N–H and O–H groups in total. The van der Waals surface area contributed by atoms with E-state index in [0.717, 1.165) is 90.1 Å². The van der Waals surface area contributed by atoms with E-state index in [9.17, 15) is 0 Å². The highest BCUT2D eigenvalue weighted by molar-refractivity contribution is 7.00. The number of fused-ring (bicyclic) bond motifs is 9. The number of pyridine rings is 1. The van der Waals surface area contributed by atoms with E-state index in [4.69, 9.17) is 9.40 Å². The van der Waals surface area contributed by atoms with E-state index in [0.29, 0.717) is 0 Å². The lowest BCUT2D eigenvalue weighted by molar-refractivity contribution is 0.590. The molecular formula is C55H44BN5O. The largest absolute Gasteiger partial charge is 0.454 e. The van der Waals surface area contributed by atoms with Crippen LogP contribution in [0.25, 0.3) is 27.6 Å². The van der Waals surface area contributed by atoms with Gasteiger partial charge in [-0.3, -0.25) is 9.30 Å². The summed E-state index contributed by atoms with van der Waals surface area (Å²) in [5.41, 5.74) is 18.4. The first-order valence-electron chi connectivity index (χ1n) is 21.5. The fraction of sp³-hybridized carbons (Fsp3) is 0.109. The Morgan fingerprint density at radius 1 is 0.581 bits per heavy atom. The molecule has 10 aromatic rings. The molecule has 2 aliphatic rings. The van der Waals surface area contributed by atoms with Gasteiger partial charge in [-0.1, -0.05) is 118 Å². The monoisotopic (exact) mass is 801 g/mol. The van der Waals surface area contributed by atoms with Gasteiger partial charge in [0.1, 0.15) is 17.0 Å². The van der Waals surface area contributed by atoms with E-state index in [2.05, 4.69) is 224 Å². The highest BCUT2D eigenvalue weighted by atomic mass is 16.3. The molecular weight excluding hydrogens is 757 g/mol. The normalized spacial score (nSPS) is 13.1. The van der Waals surface area contributed by atoms with Gasteiger partial charge in [0, 0.05) is 56.8 Å². The standard InChI is InChI=1S/C55H44BN5O/c1-35-32-36(2)53-57-52-54(58(53)34-35)60(40-28-26-37(27-29-40)55(3,4)5)45-22-15-23-46-50(45)56(52)44-31-30-41(59(38-16-8-6-9-17-38)39-18-10-7-11-19-39)33-48(44)61(46)47-24-14-21-43-42-20-12-13-25-49(42)62-51(43)47/h6-34H,1-5H3. The first kappa shape index (κ1) is 36.4. The van der Waals surface area contributed by atoms with Crippen LogP contribution in [0.3, 0.4) is 0 Å². The van der Waals surface area contributed by atoms with Crippen LogP contribution in [-0.4, -0.2) is 16.1 Å². The number of aryl methyl sites for hydroxylation is 2. The van der Waals surface area contributed by atoms with E-state index < -0.39 is 0 Å². The Labute approximate surface area is 362 Å². The predicted molar refractivity (Wildman–Crippen MR) is 259 cm³/mol. The van der Waals surface area contributed by atoms with Crippen molar-refractivity contribution in [3.8, 4) is 0 Å². The zero-order chi connectivity index (χ0) is 41.9. The molecule has 0 aliphatic carbocycles. The molecule has 0 spiro atoms. The Balaban J connectivity index is 1.18. The third kappa shape index (κ3) is 5.40. The molecule has 0 unspecified atom stereocenters. The Kier molecular flexibility index (Phi) is 7.92. The van der Waals surface area contributed by atoms with Crippen molar-refractivity contribution in [3.63, 3.8) is 0 Å². The molecule has 62 heavy (non-hydrogen) atoms. The van der Waals surface area contributed by atoms with Crippen molar-refractivity contribution in [1.82, 2.24) is 9.38 Å². The molecule has 0 fully saturated rings. The molecule has 0 radical (unpaired) electrons. The number of furan rings is 1. The van der Waals surface area contributed by atoms with Gasteiger partial charge in [-0.2, -0.15) is 0 Å². The third-order valence-electron chi connectivity index (χ3n) is 12.8. The van der Waals surface area contributed by atoms with Gasteiger partial charge in [0.25, 0.3) is 6.71 Å². The van der Waals surface area contributed by atoms with E-state index in [1.807, 2.05) is 6.07 Å². The van der Waals surface area contributed by atoms with Crippen molar-refractivity contribution in [2.24, 2.45) is 0 Å². The minimum Gasteiger partial charge on any atom is -0.454 e. The van der Waals surface area contributed by atoms with Gasteiger partial charge in [0.15, 0.2) is 5.58 Å². The Bertz CT molecular complexity index is 3340. The van der Waals surface area contributed by atoms with Gasteiger partial charge in [0.2, 0.25) is 0 Å². The summed E-state index contributed by atoms with van der Waals surface area (Å²) in [6.07, 6.45) is 2.25. The van der Waals surface area contributed by atoms with Crippen molar-refractivity contribution >= 4 is 102 Å². The number of hydrogen-bond donors (Lipinski definition) is 0. The summed E-state index contributed by atoms with van der Waals surface area (Å²) >= 11 is 0. The highest BCUT2D eigenvalue weighted by Crippen LogP contribution is 2.48. The topological polar surface area (TPSA) is 40.2 Å². The van der Waals surface area contributed by atoms with Crippen molar-refractivity contribution in [2.75, 3.05) is 14.7 Å². The van der Waals surface area contributed by atoms with E-state index in [-0.39, 0.29) is 12.1 Å². The van der Waals surface area contributed by atoms with Crippen LogP contribution < -0.4 is 31.2 Å². The van der Waals surface area contributed by atoms with Crippen LogP contribution >= 0.6 is 0 Å². The SMILES string of the molecule is Cc1cc(C)c2nc3c(n2c1)N(c1ccc(C(C)(C)C)cc1)c1cccc2c1B3c1ccc(N(c3ccccc3)c3ccccc3)cc1N2c1cccc2c1oc1ccccc12. The fourth-order valence-corrected chi connectivity index (χ4v) is 10.1. The van der Waals surface area contributed by atoms with Gasteiger partial charge >= 0.3 is 0 Å². The van der Waals surface area contributed by atoms with Crippen LogP contribution in [0, 0.1) is 13.8 Å². The molecule has 0 saturated carbocycles. The van der Waals surface area contributed by atoms with Crippen molar-refractivity contribution in [3.05, 3.63) is 193 Å². The van der Waals surface area contributed by atoms with Gasteiger partial charge in [-0.05, 0) is 120 Å². The molecule has 0 amide bonds. The minimum atomic E-state index is -0.155. The lowest BCUT2D eigenvalue weighted by Crippen LogP contribution is -2.61. The fourth-order valence-electron chi connectivity index (χ4n) is 10.1. The quantitative estimate of drug-likeness (QED) is 0.162. The average molecular weight is 802 g/mol. The maximum absolute atomic E-state index is 6.85. The second-order valence-electron chi connectivity index (χ2n) is 17.8. The maximum atomic E-state index is 6.85. The smallest absolute Gasteiger partial charge is 0.277 e. The van der Waals surface area contributed by atoms with Crippen molar-refractivity contribution in [2.45, 2.75) is 40.0 Å². The summed E-state index contributed by atoms with van der Waals surface area (Å²) in [6.45, 7) is 11.0. The molecule has 2 aliphatic heterocycles. The summed E-state index contributed by atoms with van der Waals surface area (Å²) in [6, 6.07) is 61.4. The van der Waals surface area contributed by atoms with Crippen LogP contribution in [0.5, 0.6) is 0 Å². The zero-order valence-electron chi connectivity index (χ0n) is 35.5. The second kappa shape index (κ2) is 13.5. The third-order valence-corrected chi connectivity index (χ3v) is 12.8. The van der Waals surface area contributed by atoms with Crippen LogP contribution in [-0.2, 0) is 5.41 Å². The van der Waals surface area contributed by atoms with Crippen LogP contribution in [0.15, 0.2) is 180 Å². The number of anilines is 9. The summed E-state index contributed by atoms with van der Waals surface area (Å²) in [5, 5.41) is 2.19. The number of benzene rings is 7. The summed E-state index contributed by atoms with van der Waals surface area (Å²) in [4.78, 5) is 12.9. The first-order valence-corrected chi connectivity index (χ1v) is 21.5. The van der Waals surface area contributed by atoms with Crippen molar-refractivity contribution in [1.29, 1.82) is 0 Å². The van der Waals surface area contributed by atoms with Crippen molar-refractivity contribution < 1.29 is 4.42 Å². The predicted octanol–water partition coefficient (Wildman–Crippen LogP) is 12.7. The van der Waals surface area contributed by atoms with Gasteiger partial charge in [-0.25, -0.2) is 4.98 Å². The number of hydrogen-bond acceptors (Lipinski definition) is 5. The summed E-state index contributed by atoms with van der Waals surface area (Å²) in [5.74, 6) is 1.07. The number of rotatable bonds is 5. The van der Waals surface area contributed by atoms with Gasteiger partial charge < -0.3 is 14.2 Å². The molecule has 3 aromatic heterocycles. The van der Waals surface area contributed by atoms with Gasteiger partial charge in [0.05, 0.1) is 11.3 Å². The number of imidazole rings is 1. The second-order valence-corrected chi connectivity index (χ2v) is 17.8.